The van der Waals surface area contributed by atoms with Gasteiger partial charge in [0.05, 0.1) is 5.92 Å². The SMILES string of the molecule is CC(C)=CC(=O)C1CCCC(C(F)(F)F)C1. The van der Waals surface area contributed by atoms with Gasteiger partial charge >= 0.3 is 6.18 Å². The maximum atomic E-state index is 12.5. The van der Waals surface area contributed by atoms with E-state index in [1.807, 2.05) is 0 Å². The van der Waals surface area contributed by atoms with Gasteiger partial charge in [0.15, 0.2) is 5.78 Å². The molecule has 0 heterocycles. The second kappa shape index (κ2) is 5.02. The molecule has 2 atom stereocenters. The maximum absolute atomic E-state index is 12.5. The summed E-state index contributed by atoms with van der Waals surface area (Å²) in [6.45, 7) is 3.56. The van der Waals surface area contributed by atoms with Crippen molar-refractivity contribution in [1.29, 1.82) is 0 Å². The van der Waals surface area contributed by atoms with Crippen molar-refractivity contribution in [2.45, 2.75) is 45.7 Å². The molecule has 1 nitrogen and oxygen atoms in total. The first kappa shape index (κ1) is 13.3. The Morgan fingerprint density at radius 2 is 1.88 bits per heavy atom. The topological polar surface area (TPSA) is 17.1 Å². The van der Waals surface area contributed by atoms with Crippen molar-refractivity contribution in [2.75, 3.05) is 0 Å². The largest absolute Gasteiger partial charge is 0.391 e. The zero-order valence-electron chi connectivity index (χ0n) is 9.60. The van der Waals surface area contributed by atoms with Gasteiger partial charge in [-0.05, 0) is 39.2 Å². The van der Waals surface area contributed by atoms with Crippen LogP contribution in [0.25, 0.3) is 0 Å². The highest BCUT2D eigenvalue weighted by Gasteiger charge is 2.43. The van der Waals surface area contributed by atoms with Crippen LogP contribution in [-0.4, -0.2) is 12.0 Å². The van der Waals surface area contributed by atoms with Crippen LogP contribution in [0.3, 0.4) is 0 Å². The number of halogens is 3. The molecular weight excluding hydrogens is 217 g/mol. The molecule has 1 fully saturated rings. The molecule has 0 amide bonds. The normalized spacial score (nSPS) is 26.3. The number of carbonyl (C=O) groups excluding carboxylic acids is 1. The minimum Gasteiger partial charge on any atom is -0.295 e. The van der Waals surface area contributed by atoms with Crippen LogP contribution in [0.1, 0.15) is 39.5 Å². The van der Waals surface area contributed by atoms with Gasteiger partial charge in [0, 0.05) is 5.92 Å². The van der Waals surface area contributed by atoms with E-state index >= 15 is 0 Å². The summed E-state index contributed by atoms with van der Waals surface area (Å²) in [5, 5.41) is 0. The first-order chi connectivity index (χ1) is 7.30. The number of ketones is 1. The number of rotatable bonds is 2. The summed E-state index contributed by atoms with van der Waals surface area (Å²) in [4.78, 5) is 11.6. The van der Waals surface area contributed by atoms with Crippen molar-refractivity contribution >= 4 is 5.78 Å². The van der Waals surface area contributed by atoms with Crippen LogP contribution < -0.4 is 0 Å². The van der Waals surface area contributed by atoms with E-state index in [9.17, 15) is 18.0 Å². The van der Waals surface area contributed by atoms with Gasteiger partial charge in [-0.25, -0.2) is 0 Å². The summed E-state index contributed by atoms with van der Waals surface area (Å²) in [5.41, 5.74) is 0.846. The molecule has 1 aliphatic rings. The van der Waals surface area contributed by atoms with E-state index in [0.29, 0.717) is 12.8 Å². The highest BCUT2D eigenvalue weighted by Crippen LogP contribution is 2.40. The van der Waals surface area contributed by atoms with E-state index < -0.39 is 18.0 Å². The Bertz CT molecular complexity index is 287. The quantitative estimate of drug-likeness (QED) is 0.662. The second-order valence-corrected chi connectivity index (χ2v) is 4.73. The molecule has 1 rings (SSSR count). The average Bonchev–Trinajstić information content (AvgIpc) is 2.15. The van der Waals surface area contributed by atoms with Crippen LogP contribution in [0.4, 0.5) is 13.2 Å². The minimum absolute atomic E-state index is 0.0356. The van der Waals surface area contributed by atoms with E-state index in [-0.39, 0.29) is 18.6 Å². The Labute approximate surface area is 93.7 Å². The third kappa shape index (κ3) is 3.65. The molecule has 0 aromatic carbocycles. The fourth-order valence-electron chi connectivity index (χ4n) is 2.15. The third-order valence-corrected chi connectivity index (χ3v) is 2.97. The molecular formula is C12H17F3O. The van der Waals surface area contributed by atoms with Crippen molar-refractivity contribution in [3.8, 4) is 0 Å². The van der Waals surface area contributed by atoms with E-state index in [4.69, 9.17) is 0 Å². The van der Waals surface area contributed by atoms with E-state index in [1.54, 1.807) is 13.8 Å². The number of carbonyl (C=O) groups is 1. The van der Waals surface area contributed by atoms with E-state index in [1.165, 1.54) is 6.08 Å². The maximum Gasteiger partial charge on any atom is 0.391 e. The fraction of sp³-hybridized carbons (Fsp3) is 0.750. The summed E-state index contributed by atoms with van der Waals surface area (Å²) in [5.74, 6) is -1.87. The van der Waals surface area contributed by atoms with Crippen LogP contribution in [0, 0.1) is 11.8 Å². The van der Waals surface area contributed by atoms with Gasteiger partial charge in [-0.3, -0.25) is 4.79 Å². The zero-order valence-corrected chi connectivity index (χ0v) is 9.60. The molecule has 0 spiro atoms. The van der Waals surface area contributed by atoms with E-state index in [0.717, 1.165) is 5.57 Å². The molecule has 0 aromatic rings. The summed E-state index contributed by atoms with van der Waals surface area (Å²) >= 11 is 0. The molecule has 0 saturated heterocycles. The van der Waals surface area contributed by atoms with Gasteiger partial charge in [0.25, 0.3) is 0 Å². The van der Waals surface area contributed by atoms with Gasteiger partial charge in [-0.2, -0.15) is 13.2 Å². The van der Waals surface area contributed by atoms with E-state index in [2.05, 4.69) is 0 Å². The first-order valence-corrected chi connectivity index (χ1v) is 5.56. The molecule has 0 bridgehead atoms. The lowest BCUT2D eigenvalue weighted by Crippen LogP contribution is -2.31. The Morgan fingerprint density at radius 3 is 2.38 bits per heavy atom. The minimum atomic E-state index is -4.15. The summed E-state index contributed by atoms with van der Waals surface area (Å²) in [6, 6.07) is 0. The predicted octanol–water partition coefficient (Wildman–Crippen LogP) is 3.89. The standard InChI is InChI=1S/C12H17F3O/c1-8(2)6-11(16)9-4-3-5-10(7-9)12(13,14)15/h6,9-10H,3-5,7H2,1-2H3. The van der Waals surface area contributed by atoms with Crippen molar-refractivity contribution in [2.24, 2.45) is 11.8 Å². The van der Waals surface area contributed by atoms with Gasteiger partial charge in [0.1, 0.15) is 0 Å². The molecule has 0 radical (unpaired) electrons. The monoisotopic (exact) mass is 234 g/mol. The van der Waals surface area contributed by atoms with Gasteiger partial charge < -0.3 is 0 Å². The Hall–Kier alpha value is -0.800. The number of hydrogen-bond donors (Lipinski definition) is 0. The molecule has 4 heteroatoms. The van der Waals surface area contributed by atoms with Crippen molar-refractivity contribution in [3.05, 3.63) is 11.6 Å². The number of alkyl halides is 3. The molecule has 1 saturated carbocycles. The summed E-state index contributed by atoms with van der Waals surface area (Å²) in [6.07, 6.45) is -1.46. The van der Waals surface area contributed by atoms with Crippen LogP contribution in [-0.2, 0) is 4.79 Å². The predicted molar refractivity (Wildman–Crippen MR) is 55.9 cm³/mol. The van der Waals surface area contributed by atoms with Crippen molar-refractivity contribution < 1.29 is 18.0 Å². The smallest absolute Gasteiger partial charge is 0.295 e. The zero-order chi connectivity index (χ0) is 12.3. The molecule has 1 aliphatic carbocycles. The van der Waals surface area contributed by atoms with Crippen LogP contribution in [0.15, 0.2) is 11.6 Å². The van der Waals surface area contributed by atoms with Crippen molar-refractivity contribution in [1.82, 2.24) is 0 Å². The Balaban J connectivity index is 2.64. The van der Waals surface area contributed by atoms with Gasteiger partial charge in [-0.15, -0.1) is 0 Å². The first-order valence-electron chi connectivity index (χ1n) is 5.56. The van der Waals surface area contributed by atoms with Crippen LogP contribution >= 0.6 is 0 Å². The van der Waals surface area contributed by atoms with Crippen LogP contribution in [0.5, 0.6) is 0 Å². The molecule has 92 valence electrons. The average molecular weight is 234 g/mol. The lowest BCUT2D eigenvalue weighted by Gasteiger charge is -2.29. The Morgan fingerprint density at radius 1 is 1.25 bits per heavy atom. The lowest BCUT2D eigenvalue weighted by molar-refractivity contribution is -0.185. The number of hydrogen-bond acceptors (Lipinski definition) is 1. The summed E-state index contributed by atoms with van der Waals surface area (Å²) < 4.78 is 37.5. The van der Waals surface area contributed by atoms with Crippen molar-refractivity contribution in [3.63, 3.8) is 0 Å². The highest BCUT2D eigenvalue weighted by atomic mass is 19.4. The molecule has 2 unspecified atom stereocenters. The van der Waals surface area contributed by atoms with Gasteiger partial charge in [0.2, 0.25) is 0 Å². The van der Waals surface area contributed by atoms with Gasteiger partial charge in [-0.1, -0.05) is 12.0 Å². The highest BCUT2D eigenvalue weighted by molar-refractivity contribution is 5.92. The molecule has 0 aliphatic heterocycles. The lowest BCUT2D eigenvalue weighted by atomic mass is 9.79. The molecule has 0 N–H and O–H groups in total. The third-order valence-electron chi connectivity index (χ3n) is 2.97. The van der Waals surface area contributed by atoms with Crippen LogP contribution in [0.2, 0.25) is 0 Å². The molecule has 16 heavy (non-hydrogen) atoms. The Kier molecular flexibility index (Phi) is 4.16. The fourth-order valence-corrected chi connectivity index (χ4v) is 2.15. The summed E-state index contributed by atoms with van der Waals surface area (Å²) in [7, 11) is 0. The second-order valence-electron chi connectivity index (χ2n) is 4.73. The number of allylic oxidation sites excluding steroid dienone is 2. The molecule has 0 aromatic heterocycles.